The molecule has 0 atom stereocenters. The van der Waals surface area contributed by atoms with Crippen LogP contribution in [0.1, 0.15) is 51.7 Å². The number of nitrogens with one attached hydrogen (secondary N) is 1. The predicted octanol–water partition coefficient (Wildman–Crippen LogP) is 8.70. The minimum Gasteiger partial charge on any atom is -0.493 e. The van der Waals surface area contributed by atoms with Gasteiger partial charge in [0.25, 0.3) is 0 Å². The van der Waals surface area contributed by atoms with Crippen LogP contribution in [0, 0.1) is 0 Å². The molecule has 2 aromatic heterocycles. The molecule has 0 aliphatic rings. The van der Waals surface area contributed by atoms with Gasteiger partial charge >= 0.3 is 0 Å². The molecule has 1 N–H and O–H groups in total. The second-order valence-corrected chi connectivity index (χ2v) is 12.8. The number of fused-ring (bicyclic) bond motifs is 1. The van der Waals surface area contributed by atoms with E-state index in [2.05, 4.69) is 47.5 Å². The molecule has 0 aliphatic heterocycles. The average Bonchev–Trinajstić information content (AvgIpc) is 3.59. The SMILES string of the molecule is CCN(CC)CCCOc1cc(OCCCN(CC)CC)c2nc(-c3ccc(OCCc4ccc(Cl)cc4)cc3OCc3ccncc3)[nH]c2c1. The first-order valence-corrected chi connectivity index (χ1v) is 18.6. The lowest BCUT2D eigenvalue weighted by atomic mass is 10.1. The van der Waals surface area contributed by atoms with Gasteiger partial charge in [0.15, 0.2) is 5.75 Å². The quantitative estimate of drug-likeness (QED) is 0.0714. The summed E-state index contributed by atoms with van der Waals surface area (Å²) >= 11 is 6.06. The van der Waals surface area contributed by atoms with Gasteiger partial charge in [-0.1, -0.05) is 51.4 Å². The molecule has 0 amide bonds. The number of hydrogen-bond donors (Lipinski definition) is 1. The molecule has 0 aliphatic carbocycles. The fraction of sp³-hybridized carbons (Fsp3) is 0.415. The van der Waals surface area contributed by atoms with Crippen LogP contribution in [0.25, 0.3) is 22.4 Å². The summed E-state index contributed by atoms with van der Waals surface area (Å²) in [5, 5.41) is 0.723. The lowest BCUT2D eigenvalue weighted by molar-refractivity contribution is 0.243. The molecule has 5 aromatic rings. The molecule has 9 nitrogen and oxygen atoms in total. The van der Waals surface area contributed by atoms with Crippen LogP contribution >= 0.6 is 11.6 Å². The van der Waals surface area contributed by atoms with Crippen LogP contribution in [0.2, 0.25) is 5.02 Å². The standard InChI is InChI=1S/C41H52ClN5O4/c1-5-46(6-2)22-9-24-48-35-27-37-40(39(29-35)50-25-10-23-47(7-3)8-4)45-41(44-37)36-16-15-34(49-26-19-31-11-13-33(42)14-12-31)28-38(36)51-30-32-17-20-43-21-18-32/h11-18,20-21,27-29H,5-10,19,22-26,30H2,1-4H3,(H,44,45). The highest BCUT2D eigenvalue weighted by molar-refractivity contribution is 6.30. The van der Waals surface area contributed by atoms with E-state index in [0.29, 0.717) is 49.5 Å². The van der Waals surface area contributed by atoms with Crippen LogP contribution in [0.15, 0.2) is 79.1 Å². The molecule has 5 rings (SSSR count). The van der Waals surface area contributed by atoms with Gasteiger partial charge in [0.2, 0.25) is 0 Å². The van der Waals surface area contributed by atoms with E-state index in [-0.39, 0.29) is 0 Å². The van der Waals surface area contributed by atoms with Crippen molar-refractivity contribution in [2.45, 2.75) is 53.6 Å². The van der Waals surface area contributed by atoms with Crippen LogP contribution in [0.4, 0.5) is 0 Å². The smallest absolute Gasteiger partial charge is 0.150 e. The maximum atomic E-state index is 6.43. The maximum Gasteiger partial charge on any atom is 0.150 e. The second kappa shape index (κ2) is 19.9. The van der Waals surface area contributed by atoms with Crippen molar-refractivity contribution in [3.63, 3.8) is 0 Å². The molecule has 10 heteroatoms. The Labute approximate surface area is 307 Å². The zero-order chi connectivity index (χ0) is 35.8. The lowest BCUT2D eigenvalue weighted by Crippen LogP contribution is -2.25. The largest absolute Gasteiger partial charge is 0.493 e. The zero-order valence-corrected chi connectivity index (χ0v) is 31.3. The third kappa shape index (κ3) is 11.3. The van der Waals surface area contributed by atoms with Crippen molar-refractivity contribution >= 4 is 22.6 Å². The van der Waals surface area contributed by atoms with Gasteiger partial charge in [-0.25, -0.2) is 4.98 Å². The van der Waals surface area contributed by atoms with Crippen molar-refractivity contribution in [2.75, 3.05) is 59.1 Å². The minimum atomic E-state index is 0.371. The van der Waals surface area contributed by atoms with Crippen molar-refractivity contribution in [2.24, 2.45) is 0 Å². The fourth-order valence-corrected chi connectivity index (χ4v) is 6.02. The summed E-state index contributed by atoms with van der Waals surface area (Å²) < 4.78 is 25.3. The van der Waals surface area contributed by atoms with Gasteiger partial charge in [0.05, 0.1) is 30.9 Å². The molecule has 3 aromatic carbocycles. The monoisotopic (exact) mass is 713 g/mol. The van der Waals surface area contributed by atoms with Gasteiger partial charge in [0, 0.05) is 55.1 Å². The molecule has 0 saturated carbocycles. The van der Waals surface area contributed by atoms with Gasteiger partial charge in [0.1, 0.15) is 35.2 Å². The molecule has 0 fully saturated rings. The molecular weight excluding hydrogens is 662 g/mol. The van der Waals surface area contributed by atoms with Crippen molar-refractivity contribution in [1.29, 1.82) is 0 Å². The molecule has 0 unspecified atom stereocenters. The number of nitrogens with zero attached hydrogens (tertiary/aromatic N) is 4. The highest BCUT2D eigenvalue weighted by Crippen LogP contribution is 2.37. The minimum absolute atomic E-state index is 0.371. The Hall–Kier alpha value is -4.31. The Morgan fingerprint density at radius 3 is 1.98 bits per heavy atom. The van der Waals surface area contributed by atoms with E-state index < -0.39 is 0 Å². The Kier molecular flexibility index (Phi) is 14.8. The topological polar surface area (TPSA) is 85.0 Å². The third-order valence-electron chi connectivity index (χ3n) is 9.00. The van der Waals surface area contributed by atoms with E-state index in [4.69, 9.17) is 35.5 Å². The van der Waals surface area contributed by atoms with Gasteiger partial charge in [-0.2, -0.15) is 0 Å². The molecule has 51 heavy (non-hydrogen) atoms. The van der Waals surface area contributed by atoms with E-state index in [1.807, 2.05) is 66.7 Å². The summed E-state index contributed by atoms with van der Waals surface area (Å²) in [5.41, 5.74) is 4.59. The summed E-state index contributed by atoms with van der Waals surface area (Å²) in [6.45, 7) is 17.0. The molecule has 272 valence electrons. The molecule has 0 spiro atoms. The number of pyridine rings is 1. The summed E-state index contributed by atoms with van der Waals surface area (Å²) in [7, 11) is 0. The number of imidazole rings is 1. The molecular formula is C41H52ClN5O4. The van der Waals surface area contributed by atoms with Crippen molar-refractivity contribution in [3.05, 3.63) is 95.3 Å². The van der Waals surface area contributed by atoms with Crippen molar-refractivity contribution in [3.8, 4) is 34.4 Å². The summed E-state index contributed by atoms with van der Waals surface area (Å²) in [6, 6.07) is 21.6. The van der Waals surface area contributed by atoms with E-state index >= 15 is 0 Å². The number of halogens is 1. The van der Waals surface area contributed by atoms with E-state index in [9.17, 15) is 0 Å². The number of aromatic nitrogens is 3. The number of H-pyrrole nitrogens is 1. The Balaban J connectivity index is 1.39. The molecule has 0 bridgehead atoms. The summed E-state index contributed by atoms with van der Waals surface area (Å²) in [6.07, 6.45) is 6.15. The highest BCUT2D eigenvalue weighted by atomic mass is 35.5. The van der Waals surface area contributed by atoms with Crippen LogP contribution in [0.5, 0.6) is 23.0 Å². The van der Waals surface area contributed by atoms with Gasteiger partial charge in [-0.15, -0.1) is 0 Å². The van der Waals surface area contributed by atoms with Gasteiger partial charge < -0.3 is 33.7 Å². The summed E-state index contributed by atoms with van der Waals surface area (Å²) in [4.78, 5) is 17.6. The van der Waals surface area contributed by atoms with Gasteiger partial charge in [-0.3, -0.25) is 4.98 Å². The fourth-order valence-electron chi connectivity index (χ4n) is 5.89. The maximum absolute atomic E-state index is 6.43. The average molecular weight is 714 g/mol. The number of ether oxygens (including phenoxy) is 4. The van der Waals surface area contributed by atoms with Crippen LogP contribution in [-0.2, 0) is 13.0 Å². The van der Waals surface area contributed by atoms with Gasteiger partial charge in [-0.05, 0) is 86.5 Å². The first kappa shape index (κ1) is 37.9. The van der Waals surface area contributed by atoms with E-state index in [1.54, 1.807) is 12.4 Å². The van der Waals surface area contributed by atoms with E-state index in [0.717, 1.165) is 97.0 Å². The molecule has 0 radical (unpaired) electrons. The van der Waals surface area contributed by atoms with Crippen LogP contribution in [0.3, 0.4) is 0 Å². The first-order chi connectivity index (χ1) is 25.0. The number of aromatic amines is 1. The zero-order valence-electron chi connectivity index (χ0n) is 30.5. The lowest BCUT2D eigenvalue weighted by Gasteiger charge is -2.18. The highest BCUT2D eigenvalue weighted by Gasteiger charge is 2.17. The summed E-state index contributed by atoms with van der Waals surface area (Å²) in [5.74, 6) is 3.51. The second-order valence-electron chi connectivity index (χ2n) is 12.4. The predicted molar refractivity (Wildman–Crippen MR) is 207 cm³/mol. The molecule has 0 saturated heterocycles. The first-order valence-electron chi connectivity index (χ1n) is 18.3. The van der Waals surface area contributed by atoms with Crippen molar-refractivity contribution < 1.29 is 18.9 Å². The Morgan fingerprint density at radius 1 is 0.647 bits per heavy atom. The van der Waals surface area contributed by atoms with Crippen LogP contribution < -0.4 is 18.9 Å². The number of benzene rings is 3. The molecule has 2 heterocycles. The number of rotatable bonds is 22. The number of hydrogen-bond acceptors (Lipinski definition) is 8. The third-order valence-corrected chi connectivity index (χ3v) is 9.25. The Morgan fingerprint density at radius 2 is 1.29 bits per heavy atom. The van der Waals surface area contributed by atoms with Crippen molar-refractivity contribution in [1.82, 2.24) is 24.8 Å². The normalized spacial score (nSPS) is 11.4. The van der Waals surface area contributed by atoms with Crippen LogP contribution in [-0.4, -0.2) is 83.8 Å². The van der Waals surface area contributed by atoms with E-state index in [1.165, 1.54) is 0 Å². The Bertz CT molecular complexity index is 1760.